The summed E-state index contributed by atoms with van der Waals surface area (Å²) >= 11 is 1.49. The molecule has 2 aromatic carbocycles. The second-order valence-electron chi connectivity index (χ2n) is 12.6. The first kappa shape index (κ1) is 33.4. The molecule has 4 atom stereocenters. The van der Waals surface area contributed by atoms with Crippen molar-refractivity contribution < 1.29 is 31.9 Å². The van der Waals surface area contributed by atoms with Gasteiger partial charge in [-0.3, -0.25) is 13.9 Å². The van der Waals surface area contributed by atoms with Gasteiger partial charge in [-0.2, -0.15) is 0 Å². The van der Waals surface area contributed by atoms with Crippen molar-refractivity contribution in [2.24, 2.45) is 0 Å². The average molecular weight is 688 g/mol. The molecular formula is C33H39F2N5O5S2. The van der Waals surface area contributed by atoms with Gasteiger partial charge < -0.3 is 20.6 Å². The van der Waals surface area contributed by atoms with Crippen LogP contribution in [0, 0.1) is 18.6 Å². The molecule has 3 aromatic rings. The van der Waals surface area contributed by atoms with Gasteiger partial charge >= 0.3 is 0 Å². The van der Waals surface area contributed by atoms with E-state index in [2.05, 4.69) is 15.6 Å². The third-order valence-corrected chi connectivity index (χ3v) is 12.1. The Labute approximate surface area is 277 Å². The zero-order valence-corrected chi connectivity index (χ0v) is 27.8. The second kappa shape index (κ2) is 14.0. The van der Waals surface area contributed by atoms with Gasteiger partial charge in [0.25, 0.3) is 11.8 Å². The smallest absolute Gasteiger partial charge is 0.254 e. The molecule has 10 nitrogen and oxygen atoms in total. The normalized spacial score (nSPS) is 22.3. The van der Waals surface area contributed by atoms with E-state index in [4.69, 9.17) is 0 Å². The average Bonchev–Trinajstić information content (AvgIpc) is 3.81. The molecule has 0 saturated carbocycles. The molecule has 1 aromatic heterocycles. The number of benzene rings is 2. The Bertz CT molecular complexity index is 1730. The number of rotatable bonds is 9. The van der Waals surface area contributed by atoms with Crippen molar-refractivity contribution in [3.05, 3.63) is 80.8 Å². The van der Waals surface area contributed by atoms with E-state index in [0.29, 0.717) is 32.4 Å². The lowest BCUT2D eigenvalue weighted by atomic mass is 9.94. The molecule has 0 unspecified atom stereocenters. The fourth-order valence-electron chi connectivity index (χ4n) is 6.82. The summed E-state index contributed by atoms with van der Waals surface area (Å²) in [6, 6.07) is 5.96. The molecule has 3 aliphatic heterocycles. The van der Waals surface area contributed by atoms with Crippen molar-refractivity contribution >= 4 is 38.9 Å². The first-order valence-corrected chi connectivity index (χ1v) is 18.5. The number of halogens is 2. The monoisotopic (exact) mass is 687 g/mol. The predicted octanol–water partition coefficient (Wildman–Crippen LogP) is 4.09. The molecule has 0 bridgehead atoms. The SMILES string of the molecule is Cc1csc([C@H]2CCCN2C(=O)c2cc(C(=O)N[C@H](Cc3cc(F)cc(F)c3)[C@H](O)[C@@H]3CCCN3)cc(N3CCCCS3(=O)=O)c2)n1. The minimum Gasteiger partial charge on any atom is -0.389 e. The largest absolute Gasteiger partial charge is 0.389 e. The van der Waals surface area contributed by atoms with Crippen LogP contribution < -0.4 is 14.9 Å². The predicted molar refractivity (Wildman–Crippen MR) is 175 cm³/mol. The van der Waals surface area contributed by atoms with Gasteiger partial charge in [-0.25, -0.2) is 22.2 Å². The molecule has 6 rings (SSSR count). The summed E-state index contributed by atoms with van der Waals surface area (Å²) in [4.78, 5) is 34.4. The molecule has 3 fully saturated rings. The van der Waals surface area contributed by atoms with Crippen LogP contribution in [0.1, 0.15) is 81.5 Å². The van der Waals surface area contributed by atoms with Gasteiger partial charge in [0, 0.05) is 47.4 Å². The summed E-state index contributed by atoms with van der Waals surface area (Å²) in [6.45, 7) is 3.29. The maximum atomic E-state index is 14.1. The zero-order chi connectivity index (χ0) is 33.3. The topological polar surface area (TPSA) is 132 Å². The summed E-state index contributed by atoms with van der Waals surface area (Å²) in [5, 5.41) is 20.2. The lowest BCUT2D eigenvalue weighted by Gasteiger charge is -2.30. The van der Waals surface area contributed by atoms with Crippen LogP contribution >= 0.6 is 11.3 Å². The molecule has 0 aliphatic carbocycles. The first-order valence-electron chi connectivity index (χ1n) is 16.0. The second-order valence-corrected chi connectivity index (χ2v) is 15.5. The summed E-state index contributed by atoms with van der Waals surface area (Å²) in [6.07, 6.45) is 2.99. The number of nitrogens with one attached hydrogen (secondary N) is 2. The Morgan fingerprint density at radius 1 is 1.04 bits per heavy atom. The van der Waals surface area contributed by atoms with Crippen molar-refractivity contribution in [3.8, 4) is 0 Å². The number of aliphatic hydroxyl groups excluding tert-OH is 1. The Morgan fingerprint density at radius 2 is 1.81 bits per heavy atom. The van der Waals surface area contributed by atoms with Crippen LogP contribution in [0.15, 0.2) is 41.8 Å². The fraction of sp³-hybridized carbons (Fsp3) is 0.485. The lowest BCUT2D eigenvalue weighted by molar-refractivity contribution is 0.0733. The van der Waals surface area contributed by atoms with Crippen LogP contribution in [0.3, 0.4) is 0 Å². The fourth-order valence-corrected chi connectivity index (χ4v) is 9.39. The number of nitrogens with zero attached hydrogens (tertiary/aromatic N) is 3. The Balaban J connectivity index is 1.35. The molecule has 0 spiro atoms. The number of aromatic nitrogens is 1. The lowest BCUT2D eigenvalue weighted by Crippen LogP contribution is -2.52. The molecule has 2 amide bonds. The van der Waals surface area contributed by atoms with E-state index in [1.165, 1.54) is 33.8 Å². The zero-order valence-electron chi connectivity index (χ0n) is 26.1. The number of aliphatic hydroxyl groups is 1. The van der Waals surface area contributed by atoms with Gasteiger partial charge in [0.05, 0.1) is 29.6 Å². The van der Waals surface area contributed by atoms with Crippen molar-refractivity contribution in [2.45, 2.75) is 76.1 Å². The van der Waals surface area contributed by atoms with E-state index in [1.807, 2.05) is 12.3 Å². The number of carbonyl (C=O) groups excluding carboxylic acids is 2. The number of sulfonamides is 1. The van der Waals surface area contributed by atoms with Crippen LogP contribution in [0.25, 0.3) is 0 Å². The van der Waals surface area contributed by atoms with Crippen LogP contribution in [-0.2, 0) is 16.4 Å². The van der Waals surface area contributed by atoms with E-state index in [-0.39, 0.29) is 59.1 Å². The third kappa shape index (κ3) is 7.50. The summed E-state index contributed by atoms with van der Waals surface area (Å²) in [5.74, 6) is -2.58. The number of hydrogen-bond acceptors (Lipinski definition) is 8. The molecule has 0 radical (unpaired) electrons. The number of aryl methyl sites for hydroxylation is 1. The summed E-state index contributed by atoms with van der Waals surface area (Å²) in [7, 11) is -3.68. The van der Waals surface area contributed by atoms with Crippen molar-refractivity contribution in [2.75, 3.05) is 29.7 Å². The van der Waals surface area contributed by atoms with Crippen LogP contribution in [-0.4, -0.2) is 78.8 Å². The molecule has 3 aliphatic rings. The van der Waals surface area contributed by atoms with Crippen molar-refractivity contribution in [3.63, 3.8) is 0 Å². The van der Waals surface area contributed by atoms with Crippen molar-refractivity contribution in [1.29, 1.82) is 0 Å². The highest BCUT2D eigenvalue weighted by Gasteiger charge is 2.35. The Kier molecular flexibility index (Phi) is 9.93. The van der Waals surface area contributed by atoms with Gasteiger partial charge in [-0.05, 0) is 94.3 Å². The minimum atomic E-state index is -3.68. The Hall–Kier alpha value is -3.46. The van der Waals surface area contributed by atoms with Crippen LogP contribution in [0.4, 0.5) is 14.5 Å². The Morgan fingerprint density at radius 3 is 2.49 bits per heavy atom. The van der Waals surface area contributed by atoms with E-state index in [1.54, 1.807) is 4.90 Å². The number of amides is 2. The van der Waals surface area contributed by atoms with Crippen LogP contribution in [0.2, 0.25) is 0 Å². The molecule has 3 N–H and O–H groups in total. The number of thiazole rings is 1. The summed E-state index contributed by atoms with van der Waals surface area (Å²) < 4.78 is 55.7. The highest BCUT2D eigenvalue weighted by molar-refractivity contribution is 7.92. The standard InChI is InChI=1S/C33H39F2N5O5S2/c1-20-19-46-32(37-20)29-7-5-9-39(29)33(43)23-15-22(16-26(17-23)40-10-2-3-11-47(40,44)45)31(42)38-28(30(41)27-6-4-8-36-27)14-21-12-24(34)18-25(35)13-21/h12-13,15-19,27-30,36,41H,2-11,14H2,1H3,(H,38,42)/t27-,28+,29+,30+/m0/s1. The van der Waals surface area contributed by atoms with E-state index in [0.717, 1.165) is 48.2 Å². The maximum absolute atomic E-state index is 14.1. The maximum Gasteiger partial charge on any atom is 0.254 e. The number of anilines is 1. The van der Waals surface area contributed by atoms with Gasteiger partial charge in [0.15, 0.2) is 0 Å². The van der Waals surface area contributed by atoms with E-state index < -0.39 is 39.7 Å². The summed E-state index contributed by atoms with van der Waals surface area (Å²) in [5.41, 5.74) is 1.53. The van der Waals surface area contributed by atoms with Gasteiger partial charge in [-0.15, -0.1) is 11.3 Å². The van der Waals surface area contributed by atoms with Gasteiger partial charge in [0.1, 0.15) is 16.6 Å². The number of carbonyl (C=O) groups is 2. The highest BCUT2D eigenvalue weighted by atomic mass is 32.2. The molecule has 4 heterocycles. The van der Waals surface area contributed by atoms with Crippen molar-refractivity contribution in [1.82, 2.24) is 20.5 Å². The van der Waals surface area contributed by atoms with E-state index >= 15 is 0 Å². The molecular weight excluding hydrogens is 649 g/mol. The highest BCUT2D eigenvalue weighted by Crippen LogP contribution is 2.36. The molecule has 47 heavy (non-hydrogen) atoms. The minimum absolute atomic E-state index is 0.0365. The third-order valence-electron chi connectivity index (χ3n) is 9.12. The number of hydrogen-bond donors (Lipinski definition) is 3. The molecule has 252 valence electrons. The first-order chi connectivity index (χ1) is 22.5. The van der Waals surface area contributed by atoms with Gasteiger partial charge in [0.2, 0.25) is 10.0 Å². The molecule has 3 saturated heterocycles. The van der Waals surface area contributed by atoms with Gasteiger partial charge in [-0.1, -0.05) is 0 Å². The van der Waals surface area contributed by atoms with Crippen LogP contribution in [0.5, 0.6) is 0 Å². The van der Waals surface area contributed by atoms with E-state index in [9.17, 15) is 31.9 Å². The molecule has 14 heteroatoms. The quantitative estimate of drug-likeness (QED) is 0.309. The number of likely N-dealkylation sites (tertiary alicyclic amines) is 1.